The third-order valence-electron chi connectivity index (χ3n) is 3.38. The molecule has 1 amide bonds. The lowest BCUT2D eigenvalue weighted by atomic mass is 10.3. The van der Waals surface area contributed by atoms with Gasteiger partial charge < -0.3 is 15.0 Å². The average Bonchev–Trinajstić information content (AvgIpc) is 2.48. The third kappa shape index (κ3) is 4.84. The fraction of sp³-hybridized carbons (Fsp3) is 0.667. The van der Waals surface area contributed by atoms with Gasteiger partial charge >= 0.3 is 0 Å². The average molecular weight is 307 g/mol. The van der Waals surface area contributed by atoms with Gasteiger partial charge in [0.1, 0.15) is 0 Å². The second-order valence-electron chi connectivity index (χ2n) is 5.61. The quantitative estimate of drug-likeness (QED) is 0.826. The summed E-state index contributed by atoms with van der Waals surface area (Å²) in [6.45, 7) is 10.2. The van der Waals surface area contributed by atoms with Gasteiger partial charge in [-0.3, -0.25) is 9.69 Å². The van der Waals surface area contributed by atoms with Gasteiger partial charge in [-0.1, -0.05) is 0 Å². The summed E-state index contributed by atoms with van der Waals surface area (Å²) in [6, 6.07) is 1.95. The zero-order valence-electron chi connectivity index (χ0n) is 13.6. The molecule has 7 heteroatoms. The number of anilines is 1. The van der Waals surface area contributed by atoms with Crippen molar-refractivity contribution in [1.82, 2.24) is 20.2 Å². The van der Waals surface area contributed by atoms with E-state index in [-0.39, 0.29) is 11.9 Å². The second-order valence-corrected chi connectivity index (χ2v) is 5.61. The first-order valence-corrected chi connectivity index (χ1v) is 7.81. The summed E-state index contributed by atoms with van der Waals surface area (Å²) >= 11 is 0. The molecular weight excluding hydrogens is 282 g/mol. The van der Waals surface area contributed by atoms with Crippen molar-refractivity contribution < 1.29 is 9.53 Å². The van der Waals surface area contributed by atoms with Crippen LogP contribution in [-0.4, -0.2) is 66.1 Å². The number of hydrogen-bond acceptors (Lipinski definition) is 6. The van der Waals surface area contributed by atoms with Gasteiger partial charge in [-0.05, 0) is 20.8 Å². The zero-order chi connectivity index (χ0) is 15.9. The maximum absolute atomic E-state index is 11.8. The zero-order valence-corrected chi connectivity index (χ0v) is 13.6. The number of piperazine rings is 1. The monoisotopic (exact) mass is 307 g/mol. The fourth-order valence-corrected chi connectivity index (χ4v) is 2.39. The molecule has 0 aliphatic carbocycles. The first-order valence-electron chi connectivity index (χ1n) is 7.81. The summed E-state index contributed by atoms with van der Waals surface area (Å²) in [5, 5.41) is 2.92. The highest BCUT2D eigenvalue weighted by Crippen LogP contribution is 2.14. The molecule has 1 aliphatic rings. The molecule has 0 bridgehead atoms. The van der Waals surface area contributed by atoms with Crippen LogP contribution in [0.5, 0.6) is 5.88 Å². The van der Waals surface area contributed by atoms with Crippen molar-refractivity contribution in [2.45, 2.75) is 26.8 Å². The molecule has 1 N–H and O–H groups in total. The van der Waals surface area contributed by atoms with E-state index in [0.29, 0.717) is 25.0 Å². The molecule has 2 heterocycles. The van der Waals surface area contributed by atoms with Gasteiger partial charge in [0.25, 0.3) is 0 Å². The summed E-state index contributed by atoms with van der Waals surface area (Å²) in [7, 11) is 0. The van der Waals surface area contributed by atoms with Crippen molar-refractivity contribution in [2.75, 3.05) is 44.2 Å². The van der Waals surface area contributed by atoms with E-state index >= 15 is 0 Å². The normalized spacial score (nSPS) is 15.9. The van der Waals surface area contributed by atoms with E-state index in [1.54, 1.807) is 12.3 Å². The Morgan fingerprint density at radius 1 is 1.36 bits per heavy atom. The van der Waals surface area contributed by atoms with Crippen LogP contribution >= 0.6 is 0 Å². The molecule has 0 saturated carbocycles. The molecule has 1 aliphatic heterocycles. The molecule has 1 aromatic heterocycles. The first-order chi connectivity index (χ1) is 10.6. The van der Waals surface area contributed by atoms with Crippen molar-refractivity contribution >= 4 is 11.9 Å². The number of carbonyl (C=O) groups excluding carboxylic acids is 1. The van der Waals surface area contributed by atoms with Crippen molar-refractivity contribution in [2.24, 2.45) is 0 Å². The summed E-state index contributed by atoms with van der Waals surface area (Å²) in [6.07, 6.45) is 1.72. The SMILES string of the molecule is CCOc1ccnc(N2CCN(CC(=O)NC(C)C)CC2)n1. The molecule has 1 fully saturated rings. The maximum Gasteiger partial charge on any atom is 0.234 e. The van der Waals surface area contributed by atoms with Gasteiger partial charge in [-0.2, -0.15) is 4.98 Å². The summed E-state index contributed by atoms with van der Waals surface area (Å²) in [5.41, 5.74) is 0. The summed E-state index contributed by atoms with van der Waals surface area (Å²) in [4.78, 5) is 24.8. The van der Waals surface area contributed by atoms with Crippen molar-refractivity contribution in [1.29, 1.82) is 0 Å². The Kier molecular flexibility index (Phi) is 5.94. The lowest BCUT2D eigenvalue weighted by molar-refractivity contribution is -0.122. The maximum atomic E-state index is 11.8. The molecule has 0 atom stereocenters. The van der Waals surface area contributed by atoms with Gasteiger partial charge in [0.05, 0.1) is 13.2 Å². The minimum atomic E-state index is 0.0815. The Morgan fingerprint density at radius 2 is 2.09 bits per heavy atom. The van der Waals surface area contributed by atoms with Gasteiger partial charge in [0, 0.05) is 44.5 Å². The first kappa shape index (κ1) is 16.5. The number of hydrogen-bond donors (Lipinski definition) is 1. The Hall–Kier alpha value is -1.89. The molecular formula is C15H25N5O2. The molecule has 0 spiro atoms. The molecule has 0 radical (unpaired) electrons. The van der Waals surface area contributed by atoms with Crippen molar-refractivity contribution in [3.8, 4) is 5.88 Å². The third-order valence-corrected chi connectivity index (χ3v) is 3.38. The number of amides is 1. The molecule has 22 heavy (non-hydrogen) atoms. The van der Waals surface area contributed by atoms with Crippen LogP contribution in [0.3, 0.4) is 0 Å². The number of carbonyl (C=O) groups is 1. The van der Waals surface area contributed by atoms with E-state index in [2.05, 4.69) is 25.1 Å². The van der Waals surface area contributed by atoms with Crippen LogP contribution in [0.1, 0.15) is 20.8 Å². The van der Waals surface area contributed by atoms with Gasteiger partial charge in [0.2, 0.25) is 17.7 Å². The van der Waals surface area contributed by atoms with Crippen LogP contribution in [0.15, 0.2) is 12.3 Å². The summed E-state index contributed by atoms with van der Waals surface area (Å²) < 4.78 is 5.41. The largest absolute Gasteiger partial charge is 0.478 e. The van der Waals surface area contributed by atoms with Crippen LogP contribution in [0, 0.1) is 0 Å². The van der Waals surface area contributed by atoms with Crippen LogP contribution in [0.2, 0.25) is 0 Å². The van der Waals surface area contributed by atoms with E-state index in [9.17, 15) is 4.79 Å². The lowest BCUT2D eigenvalue weighted by Gasteiger charge is -2.34. The molecule has 2 rings (SSSR count). The van der Waals surface area contributed by atoms with E-state index in [1.807, 2.05) is 20.8 Å². The van der Waals surface area contributed by atoms with Crippen molar-refractivity contribution in [3.63, 3.8) is 0 Å². The Bertz CT molecular complexity index is 487. The van der Waals surface area contributed by atoms with Crippen LogP contribution < -0.4 is 15.0 Å². The van der Waals surface area contributed by atoms with Gasteiger partial charge in [-0.15, -0.1) is 0 Å². The molecule has 0 aromatic carbocycles. The number of nitrogens with zero attached hydrogens (tertiary/aromatic N) is 4. The minimum Gasteiger partial charge on any atom is -0.478 e. The van der Waals surface area contributed by atoms with E-state index in [4.69, 9.17) is 4.74 Å². The Balaban J connectivity index is 1.84. The van der Waals surface area contributed by atoms with Crippen molar-refractivity contribution in [3.05, 3.63) is 12.3 Å². The minimum absolute atomic E-state index is 0.0815. The van der Waals surface area contributed by atoms with E-state index < -0.39 is 0 Å². The second kappa shape index (κ2) is 7.93. The van der Waals surface area contributed by atoms with Crippen LogP contribution in [-0.2, 0) is 4.79 Å². The molecule has 1 saturated heterocycles. The highest BCUT2D eigenvalue weighted by atomic mass is 16.5. The summed E-state index contributed by atoms with van der Waals surface area (Å²) in [5.74, 6) is 1.38. The van der Waals surface area contributed by atoms with Crippen LogP contribution in [0.4, 0.5) is 5.95 Å². The number of nitrogens with one attached hydrogen (secondary N) is 1. The predicted octanol–water partition coefficient (Wildman–Crippen LogP) is 0.522. The molecule has 122 valence electrons. The fourth-order valence-electron chi connectivity index (χ4n) is 2.39. The lowest BCUT2D eigenvalue weighted by Crippen LogP contribution is -2.50. The Morgan fingerprint density at radius 3 is 2.73 bits per heavy atom. The smallest absolute Gasteiger partial charge is 0.234 e. The molecule has 1 aromatic rings. The van der Waals surface area contributed by atoms with Gasteiger partial charge in [0.15, 0.2) is 0 Å². The predicted molar refractivity (Wildman–Crippen MR) is 85.1 cm³/mol. The number of ether oxygens (including phenoxy) is 1. The number of rotatable bonds is 6. The standard InChI is InChI=1S/C15H25N5O2/c1-4-22-14-5-6-16-15(18-14)20-9-7-19(8-10-20)11-13(21)17-12(2)3/h5-6,12H,4,7-11H2,1-3H3,(H,17,21). The van der Waals surface area contributed by atoms with Gasteiger partial charge in [-0.25, -0.2) is 4.98 Å². The Labute approximate surface area is 131 Å². The highest BCUT2D eigenvalue weighted by molar-refractivity contribution is 5.78. The number of aromatic nitrogens is 2. The molecule has 0 unspecified atom stereocenters. The highest BCUT2D eigenvalue weighted by Gasteiger charge is 2.21. The van der Waals surface area contributed by atoms with E-state index in [1.165, 1.54) is 0 Å². The molecule has 7 nitrogen and oxygen atoms in total. The van der Waals surface area contributed by atoms with Crippen LogP contribution in [0.25, 0.3) is 0 Å². The topological polar surface area (TPSA) is 70.6 Å². The van der Waals surface area contributed by atoms with E-state index in [0.717, 1.165) is 26.2 Å².